The number of rotatable bonds is 6. The van der Waals surface area contributed by atoms with E-state index in [2.05, 4.69) is 22.4 Å². The van der Waals surface area contributed by atoms with E-state index in [0.717, 1.165) is 16.7 Å². The second-order valence-electron chi connectivity index (χ2n) is 5.88. The predicted molar refractivity (Wildman–Crippen MR) is 121 cm³/mol. The van der Waals surface area contributed by atoms with E-state index in [1.165, 1.54) is 29.3 Å². The van der Waals surface area contributed by atoms with Crippen molar-refractivity contribution < 1.29 is 8.42 Å². The third kappa shape index (κ3) is 4.01. The molecule has 0 radical (unpaired) electrons. The van der Waals surface area contributed by atoms with E-state index < -0.39 is 9.84 Å². The fourth-order valence-corrected chi connectivity index (χ4v) is 6.83. The molecule has 0 unspecified atom stereocenters. The fourth-order valence-electron chi connectivity index (χ4n) is 2.83. The lowest BCUT2D eigenvalue weighted by atomic mass is 10.0. The molecule has 3 rings (SSSR count). The monoisotopic (exact) mass is 444 g/mol. The van der Waals surface area contributed by atoms with Gasteiger partial charge in [-0.05, 0) is 72.4 Å². The minimum Gasteiger partial charge on any atom is -0.307 e. The van der Waals surface area contributed by atoms with E-state index >= 15 is 0 Å². The second-order valence-corrected chi connectivity index (χ2v) is 10.1. The van der Waals surface area contributed by atoms with E-state index in [4.69, 9.17) is 5.41 Å². The van der Waals surface area contributed by atoms with Gasteiger partial charge in [0.2, 0.25) is 9.84 Å². The van der Waals surface area contributed by atoms with Gasteiger partial charge in [0.1, 0.15) is 0 Å². The molecule has 0 fully saturated rings. The minimum atomic E-state index is -3.69. The van der Waals surface area contributed by atoms with Crippen LogP contribution >= 0.6 is 35.3 Å². The van der Waals surface area contributed by atoms with E-state index in [-0.39, 0.29) is 9.79 Å². The molecule has 1 heterocycles. The summed E-state index contributed by atoms with van der Waals surface area (Å²) in [6.45, 7) is 1.94. The Morgan fingerprint density at radius 2 is 2.00 bits per heavy atom. The lowest BCUT2D eigenvalue weighted by Crippen LogP contribution is -2.02. The van der Waals surface area contributed by atoms with Crippen molar-refractivity contribution in [3.63, 3.8) is 0 Å². The number of isothiocyanates is 1. The number of thioether (sulfide) groups is 1. The number of nitrogens with one attached hydrogen (secondary N) is 1. The van der Waals surface area contributed by atoms with Crippen LogP contribution in [0.4, 0.5) is 5.69 Å². The summed E-state index contributed by atoms with van der Waals surface area (Å²) in [5, 5.41) is 9.77. The lowest BCUT2D eigenvalue weighted by molar-refractivity contribution is 0.595. The van der Waals surface area contributed by atoms with Crippen molar-refractivity contribution >= 4 is 62.2 Å². The smallest absolute Gasteiger partial charge is 0.208 e. The first kappa shape index (κ1) is 20.6. The summed E-state index contributed by atoms with van der Waals surface area (Å²) < 4.78 is 27.2. The van der Waals surface area contributed by atoms with Crippen LogP contribution in [0.5, 0.6) is 0 Å². The number of benzene rings is 2. The molecule has 3 aromatic rings. The van der Waals surface area contributed by atoms with Crippen LogP contribution in [-0.4, -0.2) is 26.0 Å². The topological polar surface area (TPSA) is 70.3 Å². The highest BCUT2D eigenvalue weighted by molar-refractivity contribution is 8.01. The Bertz CT molecular complexity index is 1210. The van der Waals surface area contributed by atoms with Gasteiger partial charge in [0.25, 0.3) is 0 Å². The molecule has 4 nitrogen and oxygen atoms in total. The molecule has 2 aromatic carbocycles. The fraction of sp³-hybridized carbons (Fsp3) is 0.100. The van der Waals surface area contributed by atoms with Crippen LogP contribution in [0.15, 0.2) is 67.5 Å². The lowest BCUT2D eigenvalue weighted by Gasteiger charge is -2.10. The molecular weight excluding hydrogens is 429 g/mol. The van der Waals surface area contributed by atoms with E-state index in [9.17, 15) is 8.42 Å². The van der Waals surface area contributed by atoms with Crippen molar-refractivity contribution in [2.24, 2.45) is 4.99 Å². The zero-order chi connectivity index (χ0) is 20.3. The van der Waals surface area contributed by atoms with E-state index in [1.54, 1.807) is 24.3 Å². The van der Waals surface area contributed by atoms with E-state index in [1.807, 2.05) is 37.4 Å². The largest absolute Gasteiger partial charge is 0.307 e. The van der Waals surface area contributed by atoms with Crippen molar-refractivity contribution in [1.82, 2.24) is 0 Å². The van der Waals surface area contributed by atoms with Crippen LogP contribution in [-0.2, 0) is 9.84 Å². The Morgan fingerprint density at radius 1 is 1.21 bits per heavy atom. The molecule has 8 heteroatoms. The molecule has 28 heavy (non-hydrogen) atoms. The van der Waals surface area contributed by atoms with Crippen molar-refractivity contribution in [1.29, 1.82) is 5.41 Å². The van der Waals surface area contributed by atoms with Crippen molar-refractivity contribution in [2.45, 2.75) is 20.9 Å². The normalized spacial score (nSPS) is 11.1. The zero-order valence-electron chi connectivity index (χ0n) is 15.1. The maximum atomic E-state index is 13.2. The van der Waals surface area contributed by atoms with Crippen LogP contribution < -0.4 is 0 Å². The van der Waals surface area contributed by atoms with Gasteiger partial charge < -0.3 is 5.41 Å². The molecule has 0 aliphatic heterocycles. The quantitative estimate of drug-likeness (QED) is 0.287. The SMILES string of the molecule is CSc1sc(C=N)cc1S(=O)(=O)c1cccc(-c2ccc(N=C=S)cc2C)c1. The third-order valence-corrected chi connectivity index (χ3v) is 8.48. The highest BCUT2D eigenvalue weighted by Crippen LogP contribution is 2.37. The summed E-state index contributed by atoms with van der Waals surface area (Å²) in [5.74, 6) is 0. The highest BCUT2D eigenvalue weighted by atomic mass is 32.2. The van der Waals surface area contributed by atoms with Gasteiger partial charge in [-0.3, -0.25) is 0 Å². The number of aliphatic imine (C=N–C) groups is 1. The predicted octanol–water partition coefficient (Wildman–Crippen LogP) is 6.01. The second kappa shape index (κ2) is 8.51. The van der Waals surface area contributed by atoms with Crippen LogP contribution in [0.3, 0.4) is 0 Å². The molecule has 0 amide bonds. The van der Waals surface area contributed by atoms with Gasteiger partial charge in [0.05, 0.1) is 24.8 Å². The standard InChI is InChI=1S/C20H16N2O2S4/c1-13-8-15(22-12-25)6-7-18(13)14-4-3-5-17(9-14)28(23,24)19-10-16(11-21)27-20(19)26-2/h3-11,21H,1-2H3. The van der Waals surface area contributed by atoms with Crippen molar-refractivity contribution in [3.05, 3.63) is 59.0 Å². The first-order chi connectivity index (χ1) is 13.4. The highest BCUT2D eigenvalue weighted by Gasteiger charge is 2.24. The van der Waals surface area contributed by atoms with Gasteiger partial charge in [-0.2, -0.15) is 4.99 Å². The number of aryl methyl sites for hydroxylation is 1. The molecule has 0 bridgehead atoms. The summed E-state index contributed by atoms with van der Waals surface area (Å²) in [4.78, 5) is 5.08. The molecule has 0 saturated heterocycles. The Kier molecular flexibility index (Phi) is 6.27. The molecule has 1 N–H and O–H groups in total. The van der Waals surface area contributed by atoms with Gasteiger partial charge in [-0.1, -0.05) is 18.2 Å². The molecule has 0 spiro atoms. The van der Waals surface area contributed by atoms with Gasteiger partial charge in [-0.25, -0.2) is 8.42 Å². The average molecular weight is 445 g/mol. The van der Waals surface area contributed by atoms with Crippen molar-refractivity contribution in [2.75, 3.05) is 6.26 Å². The third-order valence-electron chi connectivity index (χ3n) is 4.14. The summed E-state index contributed by atoms with van der Waals surface area (Å²) in [6, 6.07) is 14.1. The molecule has 0 atom stereocenters. The minimum absolute atomic E-state index is 0.231. The molecule has 142 valence electrons. The summed E-state index contributed by atoms with van der Waals surface area (Å²) in [6.07, 6.45) is 3.01. The van der Waals surface area contributed by atoms with Gasteiger partial charge in [0.15, 0.2) is 0 Å². The van der Waals surface area contributed by atoms with Crippen molar-refractivity contribution in [3.8, 4) is 11.1 Å². The molecule has 0 aliphatic rings. The molecular formula is C20H16N2O2S4. The van der Waals surface area contributed by atoms with E-state index in [0.29, 0.717) is 14.8 Å². The molecule has 0 saturated carbocycles. The van der Waals surface area contributed by atoms with Gasteiger partial charge >= 0.3 is 0 Å². The number of thiocarbonyl (C=S) groups is 1. The number of hydrogen-bond acceptors (Lipinski definition) is 7. The first-order valence-corrected chi connectivity index (χ1v) is 12.1. The average Bonchev–Trinajstić information content (AvgIpc) is 3.13. The molecule has 1 aromatic heterocycles. The summed E-state index contributed by atoms with van der Waals surface area (Å²) in [7, 11) is -3.69. The maximum absolute atomic E-state index is 13.2. The van der Waals surface area contributed by atoms with Crippen LogP contribution in [0, 0.1) is 12.3 Å². The Morgan fingerprint density at radius 3 is 2.64 bits per heavy atom. The Balaban J connectivity index is 2.10. The number of hydrogen-bond donors (Lipinski definition) is 1. The maximum Gasteiger partial charge on any atom is 0.208 e. The van der Waals surface area contributed by atoms with Gasteiger partial charge in [0, 0.05) is 11.1 Å². The van der Waals surface area contributed by atoms with Crippen LogP contribution in [0.25, 0.3) is 11.1 Å². The number of thiophene rings is 1. The molecule has 0 aliphatic carbocycles. The Hall–Kier alpha value is -2.09. The summed E-state index contributed by atoms with van der Waals surface area (Å²) in [5.41, 5.74) is 3.41. The number of sulfone groups is 1. The van der Waals surface area contributed by atoms with Gasteiger partial charge in [-0.15, -0.1) is 23.1 Å². The Labute approximate surface area is 177 Å². The summed E-state index contributed by atoms with van der Waals surface area (Å²) >= 11 is 7.32. The van der Waals surface area contributed by atoms with Crippen LogP contribution in [0.2, 0.25) is 0 Å². The zero-order valence-corrected chi connectivity index (χ0v) is 18.4. The number of nitrogens with zero attached hydrogens (tertiary/aromatic N) is 1. The van der Waals surface area contributed by atoms with Crippen LogP contribution in [0.1, 0.15) is 10.4 Å². The first-order valence-electron chi connectivity index (χ1n) is 8.13.